The van der Waals surface area contributed by atoms with Crippen LogP contribution in [0.5, 0.6) is 0 Å². The first kappa shape index (κ1) is 24.3. The van der Waals surface area contributed by atoms with Gasteiger partial charge in [0.2, 0.25) is 11.8 Å². The molecule has 0 spiro atoms. The molecule has 0 radical (unpaired) electrons. The highest BCUT2D eigenvalue weighted by molar-refractivity contribution is 7.80. The first-order valence-corrected chi connectivity index (χ1v) is 8.52. The maximum Gasteiger partial charge on any atom is 0.394 e. The van der Waals surface area contributed by atoms with Crippen LogP contribution in [0.15, 0.2) is 0 Å². The normalized spacial score (nSPS) is 12.7. The number of carbonyl (C=O) groups excluding carboxylic acids is 2. The third-order valence-electron chi connectivity index (χ3n) is 2.48. The molecule has 0 aliphatic heterocycles. The maximum absolute atomic E-state index is 11.5. The number of thiol groups is 1. The molecule has 0 rings (SSSR count). The predicted molar refractivity (Wildman–Crippen MR) is 85.5 cm³/mol. The first-order valence-electron chi connectivity index (χ1n) is 6.49. The number of hydrogen-bond donors (Lipinski definition) is 7. The molecule has 0 aliphatic rings. The van der Waals surface area contributed by atoms with E-state index in [9.17, 15) is 14.7 Å². The average Bonchev–Trinajstić information content (AvgIpc) is 2.42. The Morgan fingerprint density at radius 3 is 2.04 bits per heavy atom. The second-order valence-corrected chi connectivity index (χ2v) is 6.45. The summed E-state index contributed by atoms with van der Waals surface area (Å²) in [5.74, 6) is -0.210. The second kappa shape index (κ2) is 11.6. The first-order chi connectivity index (χ1) is 10.3. The molecular weight excluding hydrogens is 352 g/mol. The molecule has 12 heteroatoms. The largest absolute Gasteiger partial charge is 0.396 e. The SMILES string of the molecule is CC(C)(CO)C(O)C(=O)NCCC(=O)NCCS.O=S(=O)(O)O. The van der Waals surface area contributed by atoms with Crippen molar-refractivity contribution in [2.24, 2.45) is 5.41 Å². The number of aliphatic hydroxyl groups is 2. The van der Waals surface area contributed by atoms with E-state index in [4.69, 9.17) is 22.6 Å². The van der Waals surface area contributed by atoms with Gasteiger partial charge in [-0.15, -0.1) is 0 Å². The third-order valence-corrected chi connectivity index (χ3v) is 2.70. The molecule has 6 N–H and O–H groups in total. The summed E-state index contributed by atoms with van der Waals surface area (Å²) in [5.41, 5.74) is -0.904. The summed E-state index contributed by atoms with van der Waals surface area (Å²) in [5, 5.41) is 23.7. The topological polar surface area (TPSA) is 173 Å². The van der Waals surface area contributed by atoms with E-state index in [2.05, 4.69) is 23.3 Å². The molecule has 1 atom stereocenters. The average molecular weight is 376 g/mol. The fraction of sp³-hybridized carbons (Fsp3) is 0.818. The number of carbonyl (C=O) groups is 2. The zero-order valence-corrected chi connectivity index (χ0v) is 14.6. The van der Waals surface area contributed by atoms with Gasteiger partial charge in [0, 0.05) is 30.7 Å². The standard InChI is InChI=1S/C11H22N2O4S.H2O4S/c1-11(2,7-14)9(16)10(17)13-4-3-8(15)12-5-6-18;1-5(2,3)4/h9,14,16,18H,3-7H2,1-2H3,(H,12,15)(H,13,17);(H2,1,2,3,4). The Balaban J connectivity index is 0. The van der Waals surface area contributed by atoms with Gasteiger partial charge in [-0.3, -0.25) is 18.7 Å². The van der Waals surface area contributed by atoms with Crippen molar-refractivity contribution in [2.45, 2.75) is 26.4 Å². The zero-order valence-electron chi connectivity index (χ0n) is 12.9. The summed E-state index contributed by atoms with van der Waals surface area (Å²) in [4.78, 5) is 22.7. The summed E-state index contributed by atoms with van der Waals surface area (Å²) >= 11 is 3.95. The molecular formula is C11H24N2O8S2. The van der Waals surface area contributed by atoms with Gasteiger partial charge in [-0.1, -0.05) is 13.8 Å². The Labute approximate surface area is 140 Å². The molecule has 0 fully saturated rings. The maximum atomic E-state index is 11.5. The van der Waals surface area contributed by atoms with Crippen molar-refractivity contribution in [2.75, 3.05) is 25.4 Å². The minimum absolute atomic E-state index is 0.145. The molecule has 2 amide bonds. The lowest BCUT2D eigenvalue weighted by Gasteiger charge is -2.27. The van der Waals surface area contributed by atoms with Gasteiger partial charge in [0.25, 0.3) is 0 Å². The van der Waals surface area contributed by atoms with Crippen LogP contribution < -0.4 is 10.6 Å². The lowest BCUT2D eigenvalue weighted by Crippen LogP contribution is -2.46. The number of aliphatic hydroxyl groups excluding tert-OH is 2. The van der Waals surface area contributed by atoms with Crippen LogP contribution in [0.1, 0.15) is 20.3 Å². The molecule has 0 heterocycles. The van der Waals surface area contributed by atoms with Crippen LogP contribution in [-0.2, 0) is 20.0 Å². The van der Waals surface area contributed by atoms with Crippen LogP contribution >= 0.6 is 12.6 Å². The highest BCUT2D eigenvalue weighted by Crippen LogP contribution is 2.19. The van der Waals surface area contributed by atoms with Crippen molar-refractivity contribution in [1.29, 1.82) is 0 Å². The van der Waals surface area contributed by atoms with Crippen LogP contribution in [0, 0.1) is 5.41 Å². The Morgan fingerprint density at radius 2 is 1.65 bits per heavy atom. The molecule has 0 saturated carbocycles. The smallest absolute Gasteiger partial charge is 0.394 e. The van der Waals surface area contributed by atoms with Crippen molar-refractivity contribution in [3.8, 4) is 0 Å². The molecule has 0 saturated heterocycles. The number of amides is 2. The van der Waals surface area contributed by atoms with Crippen molar-refractivity contribution in [3.05, 3.63) is 0 Å². The van der Waals surface area contributed by atoms with Crippen molar-refractivity contribution < 1.29 is 37.3 Å². The summed E-state index contributed by atoms with van der Waals surface area (Å²) < 4.78 is 31.6. The van der Waals surface area contributed by atoms with Gasteiger partial charge in [-0.2, -0.15) is 21.0 Å². The minimum atomic E-state index is -4.67. The Bertz CT molecular complexity index is 459. The quantitative estimate of drug-likeness (QED) is 0.193. The van der Waals surface area contributed by atoms with Crippen molar-refractivity contribution >= 4 is 34.8 Å². The van der Waals surface area contributed by atoms with Gasteiger partial charge in [0.15, 0.2) is 0 Å². The Morgan fingerprint density at radius 1 is 1.17 bits per heavy atom. The summed E-state index contributed by atoms with van der Waals surface area (Å²) in [7, 11) is -4.67. The zero-order chi connectivity index (χ0) is 18.7. The van der Waals surface area contributed by atoms with E-state index in [1.165, 1.54) is 0 Å². The highest BCUT2D eigenvalue weighted by Gasteiger charge is 2.32. The molecule has 0 aromatic carbocycles. The summed E-state index contributed by atoms with van der Waals surface area (Å²) in [6, 6.07) is 0. The van der Waals surface area contributed by atoms with Crippen molar-refractivity contribution in [1.82, 2.24) is 10.6 Å². The van der Waals surface area contributed by atoms with E-state index in [1.807, 2.05) is 0 Å². The van der Waals surface area contributed by atoms with E-state index in [-0.39, 0.29) is 25.5 Å². The molecule has 0 bridgehead atoms. The van der Waals surface area contributed by atoms with Gasteiger partial charge >= 0.3 is 10.4 Å². The monoisotopic (exact) mass is 376 g/mol. The molecule has 0 aromatic heterocycles. The van der Waals surface area contributed by atoms with Gasteiger partial charge < -0.3 is 20.8 Å². The van der Waals surface area contributed by atoms with Crippen LogP contribution in [0.4, 0.5) is 0 Å². The van der Waals surface area contributed by atoms with Crippen LogP contribution in [0.2, 0.25) is 0 Å². The fourth-order valence-electron chi connectivity index (χ4n) is 1.12. The number of hydrogen-bond acceptors (Lipinski definition) is 7. The number of rotatable bonds is 8. The molecule has 10 nitrogen and oxygen atoms in total. The highest BCUT2D eigenvalue weighted by atomic mass is 32.3. The van der Waals surface area contributed by atoms with Gasteiger partial charge in [-0.25, -0.2) is 0 Å². The predicted octanol–water partition coefficient (Wildman–Crippen LogP) is -1.73. The summed E-state index contributed by atoms with van der Waals surface area (Å²) in [6.45, 7) is 3.49. The lowest BCUT2D eigenvalue weighted by atomic mass is 9.87. The fourth-order valence-corrected chi connectivity index (χ4v) is 1.23. The van der Waals surface area contributed by atoms with E-state index in [0.29, 0.717) is 12.3 Å². The molecule has 0 aliphatic carbocycles. The van der Waals surface area contributed by atoms with E-state index >= 15 is 0 Å². The van der Waals surface area contributed by atoms with Gasteiger partial charge in [0.05, 0.1) is 6.61 Å². The van der Waals surface area contributed by atoms with Crippen LogP contribution in [0.3, 0.4) is 0 Å². The lowest BCUT2D eigenvalue weighted by molar-refractivity contribution is -0.137. The third kappa shape index (κ3) is 15.7. The van der Waals surface area contributed by atoms with Gasteiger partial charge in [0.1, 0.15) is 6.10 Å². The minimum Gasteiger partial charge on any atom is -0.396 e. The van der Waals surface area contributed by atoms with E-state index < -0.39 is 27.8 Å². The van der Waals surface area contributed by atoms with E-state index in [0.717, 1.165) is 0 Å². The molecule has 0 aromatic rings. The van der Waals surface area contributed by atoms with Gasteiger partial charge in [-0.05, 0) is 0 Å². The molecule has 138 valence electrons. The summed E-state index contributed by atoms with van der Waals surface area (Å²) in [6.07, 6.45) is -1.16. The molecule has 1 unspecified atom stereocenters. The Kier molecular flexibility index (Phi) is 12.3. The second-order valence-electron chi connectivity index (χ2n) is 5.11. The molecule has 23 heavy (non-hydrogen) atoms. The van der Waals surface area contributed by atoms with E-state index in [1.54, 1.807) is 13.8 Å². The number of nitrogens with one attached hydrogen (secondary N) is 2. The Hall–Kier alpha value is -0.920. The van der Waals surface area contributed by atoms with Crippen LogP contribution in [0.25, 0.3) is 0 Å². The van der Waals surface area contributed by atoms with Crippen LogP contribution in [-0.4, -0.2) is 71.1 Å². The van der Waals surface area contributed by atoms with Crippen molar-refractivity contribution in [3.63, 3.8) is 0 Å².